The number of hydrogen-bond donors (Lipinski definition) is 3. The lowest BCUT2D eigenvalue weighted by Crippen LogP contribution is -2.43. The van der Waals surface area contributed by atoms with Gasteiger partial charge in [0.2, 0.25) is 5.91 Å². The van der Waals surface area contributed by atoms with Crippen LogP contribution in [0.15, 0.2) is 54.6 Å². The molecular formula is C20H24N4O4. The van der Waals surface area contributed by atoms with Crippen LogP contribution in [0.2, 0.25) is 0 Å². The van der Waals surface area contributed by atoms with E-state index in [0.29, 0.717) is 6.54 Å². The molecule has 2 aromatic carbocycles. The van der Waals surface area contributed by atoms with Gasteiger partial charge < -0.3 is 16.0 Å². The van der Waals surface area contributed by atoms with E-state index in [2.05, 4.69) is 29.8 Å². The lowest BCUT2D eigenvalue weighted by Gasteiger charge is -2.24. The third kappa shape index (κ3) is 6.39. The third-order valence-corrected chi connectivity index (χ3v) is 4.18. The van der Waals surface area contributed by atoms with Gasteiger partial charge in [-0.05, 0) is 24.1 Å². The van der Waals surface area contributed by atoms with Crippen molar-refractivity contribution >= 4 is 23.2 Å². The van der Waals surface area contributed by atoms with Crippen molar-refractivity contribution in [3.05, 3.63) is 70.3 Å². The van der Waals surface area contributed by atoms with E-state index < -0.39 is 10.8 Å². The normalized spacial score (nSPS) is 11.5. The Balaban J connectivity index is 1.83. The van der Waals surface area contributed by atoms with Gasteiger partial charge in [-0.1, -0.05) is 38.1 Å². The number of non-ortho nitro benzene ring substituents is 1. The molecule has 0 fully saturated rings. The molecule has 3 N–H and O–H groups in total. The Bertz CT molecular complexity index is 824. The second kappa shape index (κ2) is 10.1. The number of carbonyl (C=O) groups excluding carboxylic acids is 2. The summed E-state index contributed by atoms with van der Waals surface area (Å²) in [6, 6.07) is 15.1. The molecule has 0 saturated carbocycles. The van der Waals surface area contributed by atoms with Crippen LogP contribution < -0.4 is 16.0 Å². The molecule has 0 aliphatic heterocycles. The molecule has 2 aromatic rings. The first-order valence-electron chi connectivity index (χ1n) is 8.97. The second-order valence-corrected chi connectivity index (χ2v) is 6.66. The average Bonchev–Trinajstić information content (AvgIpc) is 2.69. The topological polar surface area (TPSA) is 113 Å². The number of hydrogen-bond acceptors (Lipinski definition) is 5. The summed E-state index contributed by atoms with van der Waals surface area (Å²) in [6.45, 7) is 4.30. The van der Waals surface area contributed by atoms with Crippen LogP contribution in [0.25, 0.3) is 0 Å². The Morgan fingerprint density at radius 3 is 2.39 bits per heavy atom. The van der Waals surface area contributed by atoms with Crippen molar-refractivity contribution in [1.29, 1.82) is 0 Å². The van der Waals surface area contributed by atoms with Crippen LogP contribution in [-0.2, 0) is 4.79 Å². The first-order valence-corrected chi connectivity index (χ1v) is 8.97. The fraction of sp³-hybridized carbons (Fsp3) is 0.300. The SMILES string of the molecule is CC(C)C(CNC(=O)CNC(=O)c1cccc([N+](=O)[O-])c1)Nc1ccccc1. The Hall–Kier alpha value is -3.42. The van der Waals surface area contributed by atoms with Crippen LogP contribution in [0.4, 0.5) is 11.4 Å². The van der Waals surface area contributed by atoms with Crippen LogP contribution in [0, 0.1) is 16.0 Å². The molecule has 8 heteroatoms. The Morgan fingerprint density at radius 1 is 1.04 bits per heavy atom. The standard InChI is InChI=1S/C20H24N4O4/c1-14(2)18(23-16-8-4-3-5-9-16)12-21-19(25)13-22-20(26)15-7-6-10-17(11-15)24(27)28/h3-11,14,18,23H,12-13H2,1-2H3,(H,21,25)(H,22,26). The van der Waals surface area contributed by atoms with E-state index in [1.807, 2.05) is 30.3 Å². The fourth-order valence-corrected chi connectivity index (χ4v) is 2.51. The third-order valence-electron chi connectivity index (χ3n) is 4.18. The molecule has 1 unspecified atom stereocenters. The van der Waals surface area contributed by atoms with Crippen molar-refractivity contribution in [2.24, 2.45) is 5.92 Å². The molecule has 2 rings (SSSR count). The van der Waals surface area contributed by atoms with Crippen LogP contribution in [0.1, 0.15) is 24.2 Å². The zero-order chi connectivity index (χ0) is 20.5. The molecule has 0 aliphatic carbocycles. The van der Waals surface area contributed by atoms with Gasteiger partial charge >= 0.3 is 0 Å². The van der Waals surface area contributed by atoms with Crippen molar-refractivity contribution in [1.82, 2.24) is 10.6 Å². The largest absolute Gasteiger partial charge is 0.380 e. The molecule has 0 aliphatic rings. The number of nitro benzene ring substituents is 1. The zero-order valence-electron chi connectivity index (χ0n) is 15.8. The van der Waals surface area contributed by atoms with E-state index in [4.69, 9.17) is 0 Å². The lowest BCUT2D eigenvalue weighted by atomic mass is 10.0. The van der Waals surface area contributed by atoms with Gasteiger partial charge in [0.15, 0.2) is 0 Å². The minimum absolute atomic E-state index is 0.0267. The minimum atomic E-state index is -0.574. The zero-order valence-corrected chi connectivity index (χ0v) is 15.8. The molecule has 0 radical (unpaired) electrons. The van der Waals surface area contributed by atoms with Crippen molar-refractivity contribution in [2.45, 2.75) is 19.9 Å². The molecule has 1 atom stereocenters. The van der Waals surface area contributed by atoms with Gasteiger partial charge in [-0.3, -0.25) is 19.7 Å². The van der Waals surface area contributed by atoms with Gasteiger partial charge in [0.05, 0.1) is 11.5 Å². The summed E-state index contributed by atoms with van der Waals surface area (Å²) in [5, 5.41) is 19.4. The monoisotopic (exact) mass is 384 g/mol. The summed E-state index contributed by atoms with van der Waals surface area (Å²) in [5.74, 6) is -0.596. The molecule has 8 nitrogen and oxygen atoms in total. The molecule has 0 heterocycles. The van der Waals surface area contributed by atoms with Gasteiger partial charge in [0.25, 0.3) is 11.6 Å². The maximum absolute atomic E-state index is 12.1. The summed E-state index contributed by atoms with van der Waals surface area (Å²) in [4.78, 5) is 34.4. The summed E-state index contributed by atoms with van der Waals surface area (Å²) in [5.41, 5.74) is 0.922. The van der Waals surface area contributed by atoms with Gasteiger partial charge in [0, 0.05) is 36.0 Å². The number of nitrogens with zero attached hydrogens (tertiary/aromatic N) is 1. The quantitative estimate of drug-likeness (QED) is 0.454. The Kier molecular flexibility index (Phi) is 7.50. The molecule has 0 saturated heterocycles. The van der Waals surface area contributed by atoms with Gasteiger partial charge in [-0.15, -0.1) is 0 Å². The number of nitro groups is 1. The minimum Gasteiger partial charge on any atom is -0.380 e. The summed E-state index contributed by atoms with van der Waals surface area (Å²) >= 11 is 0. The highest BCUT2D eigenvalue weighted by atomic mass is 16.6. The van der Waals surface area contributed by atoms with Crippen molar-refractivity contribution in [2.75, 3.05) is 18.4 Å². The first-order chi connectivity index (χ1) is 13.4. The number of anilines is 1. The molecule has 0 spiro atoms. The summed E-state index contributed by atoms with van der Waals surface area (Å²) in [7, 11) is 0. The molecule has 2 amide bonds. The highest BCUT2D eigenvalue weighted by molar-refractivity contribution is 5.96. The highest BCUT2D eigenvalue weighted by Crippen LogP contribution is 2.13. The van der Waals surface area contributed by atoms with Crippen molar-refractivity contribution < 1.29 is 14.5 Å². The number of benzene rings is 2. The fourth-order valence-electron chi connectivity index (χ4n) is 2.51. The molecule has 148 valence electrons. The molecule has 0 bridgehead atoms. The number of para-hydroxylation sites is 1. The summed E-state index contributed by atoms with van der Waals surface area (Å²) < 4.78 is 0. The van der Waals surface area contributed by atoms with E-state index in [1.165, 1.54) is 24.3 Å². The van der Waals surface area contributed by atoms with Gasteiger partial charge in [-0.25, -0.2) is 0 Å². The van der Waals surface area contributed by atoms with E-state index in [0.717, 1.165) is 5.69 Å². The smallest absolute Gasteiger partial charge is 0.270 e. The number of amides is 2. The molecular weight excluding hydrogens is 360 g/mol. The Labute approximate surface area is 163 Å². The average molecular weight is 384 g/mol. The lowest BCUT2D eigenvalue weighted by molar-refractivity contribution is -0.384. The van der Waals surface area contributed by atoms with E-state index in [9.17, 15) is 19.7 Å². The first kappa shape index (κ1) is 20.9. The van der Waals surface area contributed by atoms with Gasteiger partial charge in [-0.2, -0.15) is 0 Å². The van der Waals surface area contributed by atoms with Gasteiger partial charge in [0.1, 0.15) is 0 Å². The molecule has 0 aromatic heterocycles. The summed E-state index contributed by atoms with van der Waals surface area (Å²) in [6.07, 6.45) is 0. The van der Waals surface area contributed by atoms with Crippen LogP contribution in [0.3, 0.4) is 0 Å². The van der Waals surface area contributed by atoms with E-state index in [1.54, 1.807) is 0 Å². The maximum atomic E-state index is 12.1. The van der Waals surface area contributed by atoms with Crippen LogP contribution in [-0.4, -0.2) is 35.9 Å². The molecule has 28 heavy (non-hydrogen) atoms. The number of carbonyl (C=O) groups is 2. The maximum Gasteiger partial charge on any atom is 0.270 e. The number of rotatable bonds is 9. The highest BCUT2D eigenvalue weighted by Gasteiger charge is 2.16. The van der Waals surface area contributed by atoms with Crippen molar-refractivity contribution in [3.63, 3.8) is 0 Å². The van der Waals surface area contributed by atoms with Crippen LogP contribution in [0.5, 0.6) is 0 Å². The van der Waals surface area contributed by atoms with Crippen molar-refractivity contribution in [3.8, 4) is 0 Å². The second-order valence-electron chi connectivity index (χ2n) is 6.66. The number of nitrogens with one attached hydrogen (secondary N) is 3. The predicted molar refractivity (Wildman–Crippen MR) is 107 cm³/mol. The van der Waals surface area contributed by atoms with E-state index in [-0.39, 0.29) is 35.7 Å². The predicted octanol–water partition coefficient (Wildman–Crippen LogP) is 2.58. The van der Waals surface area contributed by atoms with E-state index >= 15 is 0 Å². The Morgan fingerprint density at radius 2 is 1.75 bits per heavy atom. The van der Waals surface area contributed by atoms with Crippen LogP contribution >= 0.6 is 0 Å².